The van der Waals surface area contributed by atoms with Crippen LogP contribution >= 0.6 is 23.4 Å². The molecule has 2 aromatic rings. The van der Waals surface area contributed by atoms with Crippen molar-refractivity contribution in [2.24, 2.45) is 0 Å². The molecule has 5 heteroatoms. The summed E-state index contributed by atoms with van der Waals surface area (Å²) >= 11 is 7.44. The summed E-state index contributed by atoms with van der Waals surface area (Å²) in [6.45, 7) is 0. The van der Waals surface area contributed by atoms with E-state index in [4.69, 9.17) is 16.3 Å². The van der Waals surface area contributed by atoms with Crippen molar-refractivity contribution in [3.05, 3.63) is 53.6 Å². The molecule has 0 unspecified atom stereocenters. The lowest BCUT2D eigenvalue weighted by molar-refractivity contribution is -0.115. The minimum Gasteiger partial charge on any atom is -0.497 e. The largest absolute Gasteiger partial charge is 0.497 e. The van der Waals surface area contributed by atoms with Crippen LogP contribution in [-0.2, 0) is 4.79 Å². The van der Waals surface area contributed by atoms with E-state index in [0.717, 1.165) is 22.1 Å². The fraction of sp³-hybridized carbons (Fsp3) is 0.188. The average Bonchev–Trinajstić information content (AvgIpc) is 2.50. The number of rotatable bonds is 6. The molecule has 0 atom stereocenters. The van der Waals surface area contributed by atoms with Crippen LogP contribution in [0.25, 0.3) is 0 Å². The summed E-state index contributed by atoms with van der Waals surface area (Å²) < 4.78 is 5.10. The molecule has 0 spiro atoms. The number of ether oxygens (including phenoxy) is 1. The molecule has 3 nitrogen and oxygen atoms in total. The van der Waals surface area contributed by atoms with Crippen LogP contribution in [0.15, 0.2) is 53.4 Å². The lowest BCUT2D eigenvalue weighted by Gasteiger charge is -2.06. The molecule has 2 rings (SSSR count). The topological polar surface area (TPSA) is 38.3 Å². The molecular weight excluding hydrogens is 306 g/mol. The molecule has 0 radical (unpaired) electrons. The minimum absolute atomic E-state index is 0.00154. The van der Waals surface area contributed by atoms with Crippen molar-refractivity contribution >= 4 is 35.0 Å². The van der Waals surface area contributed by atoms with Crippen LogP contribution in [0.5, 0.6) is 5.75 Å². The van der Waals surface area contributed by atoms with Gasteiger partial charge in [-0.25, -0.2) is 0 Å². The first-order valence-electron chi connectivity index (χ1n) is 6.49. The number of thioether (sulfide) groups is 1. The maximum Gasteiger partial charge on any atom is 0.225 e. The second kappa shape index (κ2) is 7.96. The first-order chi connectivity index (χ1) is 10.2. The first kappa shape index (κ1) is 15.7. The molecular formula is C16H16ClNO2S. The molecule has 1 N–H and O–H groups in total. The molecule has 1 amide bonds. The van der Waals surface area contributed by atoms with Gasteiger partial charge < -0.3 is 10.1 Å². The van der Waals surface area contributed by atoms with E-state index < -0.39 is 0 Å². The fourth-order valence-electron chi connectivity index (χ4n) is 1.69. The van der Waals surface area contributed by atoms with Crippen LogP contribution in [0.3, 0.4) is 0 Å². The zero-order valence-corrected chi connectivity index (χ0v) is 13.2. The number of methoxy groups -OCH3 is 1. The zero-order chi connectivity index (χ0) is 15.1. The summed E-state index contributed by atoms with van der Waals surface area (Å²) in [5, 5.41) is 3.50. The van der Waals surface area contributed by atoms with Gasteiger partial charge in [0, 0.05) is 27.8 Å². The van der Waals surface area contributed by atoms with Crippen LogP contribution in [-0.4, -0.2) is 18.8 Å². The van der Waals surface area contributed by atoms with Gasteiger partial charge in [0.25, 0.3) is 0 Å². The lowest BCUT2D eigenvalue weighted by atomic mass is 10.3. The summed E-state index contributed by atoms with van der Waals surface area (Å²) in [4.78, 5) is 12.9. The van der Waals surface area contributed by atoms with Crippen LogP contribution in [0.2, 0.25) is 5.02 Å². The number of nitrogens with one attached hydrogen (secondary N) is 1. The molecule has 0 aromatic heterocycles. The maximum atomic E-state index is 11.8. The van der Waals surface area contributed by atoms with Crippen molar-refractivity contribution in [1.82, 2.24) is 0 Å². The minimum atomic E-state index is -0.00154. The molecule has 0 fully saturated rings. The second-order valence-electron chi connectivity index (χ2n) is 4.33. The number of carbonyl (C=O) groups is 1. The Labute approximate surface area is 133 Å². The van der Waals surface area contributed by atoms with E-state index in [1.54, 1.807) is 43.1 Å². The predicted octanol–water partition coefficient (Wildman–Crippen LogP) is 4.47. The van der Waals surface area contributed by atoms with Crippen LogP contribution < -0.4 is 10.1 Å². The van der Waals surface area contributed by atoms with Crippen LogP contribution in [0.1, 0.15) is 6.42 Å². The molecule has 0 saturated heterocycles. The van der Waals surface area contributed by atoms with E-state index in [-0.39, 0.29) is 5.91 Å². The van der Waals surface area contributed by atoms with Gasteiger partial charge in [-0.05, 0) is 48.5 Å². The SMILES string of the molecule is COc1ccc(SCCC(=O)Nc2ccc(Cl)cc2)cc1. The summed E-state index contributed by atoms with van der Waals surface area (Å²) in [5.41, 5.74) is 0.763. The van der Waals surface area contributed by atoms with Crippen LogP contribution in [0.4, 0.5) is 5.69 Å². The van der Waals surface area contributed by atoms with E-state index in [9.17, 15) is 4.79 Å². The van der Waals surface area contributed by atoms with E-state index in [0.29, 0.717) is 11.4 Å². The van der Waals surface area contributed by atoms with Gasteiger partial charge in [-0.2, -0.15) is 0 Å². The third-order valence-electron chi connectivity index (χ3n) is 2.79. The summed E-state index contributed by atoms with van der Waals surface area (Å²) in [5.74, 6) is 1.56. The summed E-state index contributed by atoms with van der Waals surface area (Å²) in [7, 11) is 1.64. The van der Waals surface area contributed by atoms with Crippen molar-refractivity contribution in [2.75, 3.05) is 18.2 Å². The number of anilines is 1. The average molecular weight is 322 g/mol. The number of carbonyl (C=O) groups excluding carboxylic acids is 1. The highest BCUT2D eigenvalue weighted by Gasteiger charge is 2.03. The standard InChI is InChI=1S/C16H16ClNO2S/c1-20-14-6-8-15(9-7-14)21-11-10-16(19)18-13-4-2-12(17)3-5-13/h2-9H,10-11H2,1H3,(H,18,19). The van der Waals surface area contributed by atoms with Crippen molar-refractivity contribution in [1.29, 1.82) is 0 Å². The highest BCUT2D eigenvalue weighted by Crippen LogP contribution is 2.22. The van der Waals surface area contributed by atoms with Gasteiger partial charge in [0.2, 0.25) is 5.91 Å². The number of hydrogen-bond donors (Lipinski definition) is 1. The van der Waals surface area contributed by atoms with Gasteiger partial charge >= 0.3 is 0 Å². The molecule has 0 heterocycles. The van der Waals surface area contributed by atoms with E-state index in [2.05, 4.69) is 5.32 Å². The number of benzene rings is 2. The Kier molecular flexibility index (Phi) is 5.96. The van der Waals surface area contributed by atoms with Crippen molar-refractivity contribution < 1.29 is 9.53 Å². The van der Waals surface area contributed by atoms with Gasteiger partial charge in [-0.3, -0.25) is 4.79 Å². The Morgan fingerprint density at radius 1 is 1.14 bits per heavy atom. The Morgan fingerprint density at radius 3 is 2.43 bits per heavy atom. The molecule has 0 bridgehead atoms. The summed E-state index contributed by atoms with van der Waals surface area (Å²) in [6, 6.07) is 14.9. The Balaban J connectivity index is 1.74. The number of halogens is 1. The van der Waals surface area contributed by atoms with E-state index >= 15 is 0 Å². The predicted molar refractivity (Wildman–Crippen MR) is 88.4 cm³/mol. The van der Waals surface area contributed by atoms with Gasteiger partial charge in [-0.1, -0.05) is 11.6 Å². The number of amides is 1. The third-order valence-corrected chi connectivity index (χ3v) is 4.05. The Morgan fingerprint density at radius 2 is 1.81 bits per heavy atom. The smallest absolute Gasteiger partial charge is 0.225 e. The van der Waals surface area contributed by atoms with Gasteiger partial charge in [0.15, 0.2) is 0 Å². The lowest BCUT2D eigenvalue weighted by Crippen LogP contribution is -2.11. The highest BCUT2D eigenvalue weighted by molar-refractivity contribution is 7.99. The van der Waals surface area contributed by atoms with Gasteiger partial charge in [-0.15, -0.1) is 11.8 Å². The van der Waals surface area contributed by atoms with E-state index in [1.165, 1.54) is 0 Å². The van der Waals surface area contributed by atoms with Gasteiger partial charge in [0.1, 0.15) is 5.75 Å². The van der Waals surface area contributed by atoms with Crippen molar-refractivity contribution in [3.63, 3.8) is 0 Å². The second-order valence-corrected chi connectivity index (χ2v) is 5.93. The highest BCUT2D eigenvalue weighted by atomic mass is 35.5. The summed E-state index contributed by atoms with van der Waals surface area (Å²) in [6.07, 6.45) is 0.458. The van der Waals surface area contributed by atoms with Crippen molar-refractivity contribution in [3.8, 4) is 5.75 Å². The molecule has 110 valence electrons. The van der Waals surface area contributed by atoms with E-state index in [1.807, 2.05) is 24.3 Å². The third kappa shape index (κ3) is 5.33. The quantitative estimate of drug-likeness (QED) is 0.798. The number of hydrogen-bond acceptors (Lipinski definition) is 3. The molecule has 0 saturated carbocycles. The monoisotopic (exact) mass is 321 g/mol. The molecule has 0 aliphatic rings. The van der Waals surface area contributed by atoms with Crippen molar-refractivity contribution in [2.45, 2.75) is 11.3 Å². The molecule has 0 aliphatic heterocycles. The zero-order valence-electron chi connectivity index (χ0n) is 11.6. The Bertz CT molecular complexity index is 584. The maximum absolute atomic E-state index is 11.8. The van der Waals surface area contributed by atoms with Crippen LogP contribution in [0, 0.1) is 0 Å². The fourth-order valence-corrected chi connectivity index (χ4v) is 2.67. The molecule has 2 aromatic carbocycles. The Hall–Kier alpha value is -1.65. The molecule has 0 aliphatic carbocycles. The molecule has 21 heavy (non-hydrogen) atoms. The first-order valence-corrected chi connectivity index (χ1v) is 7.86. The normalized spacial score (nSPS) is 10.2. The van der Waals surface area contributed by atoms with Gasteiger partial charge in [0.05, 0.1) is 7.11 Å².